The third-order valence-electron chi connectivity index (χ3n) is 3.77. The van der Waals surface area contributed by atoms with E-state index in [-0.39, 0.29) is 10.9 Å². The Morgan fingerprint density at radius 3 is 2.70 bits per heavy atom. The molecule has 0 radical (unpaired) electrons. The van der Waals surface area contributed by atoms with Gasteiger partial charge in [-0.25, -0.2) is 8.42 Å². The van der Waals surface area contributed by atoms with E-state index in [4.69, 9.17) is 10.5 Å². The number of sulfonamides is 1. The lowest BCUT2D eigenvalue weighted by atomic mass is 10.1. The van der Waals surface area contributed by atoms with Crippen LogP contribution in [0.4, 0.5) is 0 Å². The second kappa shape index (κ2) is 5.71. The average Bonchev–Trinajstić information content (AvgIpc) is 2.86. The van der Waals surface area contributed by atoms with Crippen molar-refractivity contribution < 1.29 is 13.2 Å². The molecule has 1 aliphatic rings. The molecule has 0 aromatic heterocycles. The van der Waals surface area contributed by atoms with Gasteiger partial charge in [0.05, 0.1) is 7.11 Å². The molecule has 1 unspecified atom stereocenters. The maximum Gasteiger partial charge on any atom is 0.247 e. The number of nitrogens with zero attached hydrogens (tertiary/aromatic N) is 1. The SMILES string of the molecule is COc1c(C)cc(C)cc1S(=O)(=O)N1CCCC1CN. The number of methoxy groups -OCH3 is 1. The second-order valence-electron chi connectivity index (χ2n) is 5.26. The van der Waals surface area contributed by atoms with Crippen LogP contribution in [0.15, 0.2) is 17.0 Å². The largest absolute Gasteiger partial charge is 0.495 e. The first kappa shape index (κ1) is 15.3. The maximum atomic E-state index is 12.9. The fourth-order valence-corrected chi connectivity index (χ4v) is 4.88. The minimum absolute atomic E-state index is 0.106. The maximum absolute atomic E-state index is 12.9. The summed E-state index contributed by atoms with van der Waals surface area (Å²) in [7, 11) is -2.06. The molecule has 2 rings (SSSR count). The van der Waals surface area contributed by atoms with E-state index in [0.29, 0.717) is 18.8 Å². The van der Waals surface area contributed by atoms with Crippen LogP contribution >= 0.6 is 0 Å². The topological polar surface area (TPSA) is 72.6 Å². The monoisotopic (exact) mass is 298 g/mol. The molecule has 1 aliphatic heterocycles. The summed E-state index contributed by atoms with van der Waals surface area (Å²) >= 11 is 0. The van der Waals surface area contributed by atoms with Gasteiger partial charge in [-0.15, -0.1) is 0 Å². The normalized spacial score (nSPS) is 20.3. The van der Waals surface area contributed by atoms with Crippen molar-refractivity contribution in [1.82, 2.24) is 4.31 Å². The van der Waals surface area contributed by atoms with E-state index in [9.17, 15) is 8.42 Å². The molecule has 6 heteroatoms. The highest BCUT2D eigenvalue weighted by Gasteiger charge is 2.36. The molecule has 1 heterocycles. The summed E-state index contributed by atoms with van der Waals surface area (Å²) in [6.07, 6.45) is 1.68. The van der Waals surface area contributed by atoms with Crippen LogP contribution in [-0.4, -0.2) is 39.0 Å². The number of hydrogen-bond acceptors (Lipinski definition) is 4. The molecule has 2 N–H and O–H groups in total. The van der Waals surface area contributed by atoms with Crippen molar-refractivity contribution in [3.8, 4) is 5.75 Å². The zero-order valence-electron chi connectivity index (χ0n) is 12.2. The Balaban J connectivity index is 2.54. The van der Waals surface area contributed by atoms with Crippen LogP contribution in [-0.2, 0) is 10.0 Å². The van der Waals surface area contributed by atoms with Gasteiger partial charge in [-0.05, 0) is 43.9 Å². The molecule has 0 aliphatic carbocycles. The van der Waals surface area contributed by atoms with Crippen molar-refractivity contribution in [1.29, 1.82) is 0 Å². The van der Waals surface area contributed by atoms with Gasteiger partial charge in [0.1, 0.15) is 10.6 Å². The van der Waals surface area contributed by atoms with E-state index >= 15 is 0 Å². The van der Waals surface area contributed by atoms with Gasteiger partial charge in [0.25, 0.3) is 0 Å². The predicted octanol–water partition coefficient (Wildman–Crippen LogP) is 1.42. The van der Waals surface area contributed by atoms with E-state index in [2.05, 4.69) is 0 Å². The lowest BCUT2D eigenvalue weighted by Gasteiger charge is -2.24. The first-order valence-electron chi connectivity index (χ1n) is 6.79. The van der Waals surface area contributed by atoms with Crippen LogP contribution in [0.1, 0.15) is 24.0 Å². The number of hydrogen-bond donors (Lipinski definition) is 1. The van der Waals surface area contributed by atoms with Crippen molar-refractivity contribution in [3.63, 3.8) is 0 Å². The average molecular weight is 298 g/mol. The number of benzene rings is 1. The highest BCUT2D eigenvalue weighted by Crippen LogP contribution is 2.34. The smallest absolute Gasteiger partial charge is 0.247 e. The third kappa shape index (κ3) is 2.55. The molecule has 0 spiro atoms. The molecule has 0 bridgehead atoms. The summed E-state index contributed by atoms with van der Waals surface area (Å²) in [6.45, 7) is 4.62. The van der Waals surface area contributed by atoms with Crippen LogP contribution in [0.2, 0.25) is 0 Å². The summed E-state index contributed by atoms with van der Waals surface area (Å²) in [4.78, 5) is 0.248. The van der Waals surface area contributed by atoms with Gasteiger partial charge in [0, 0.05) is 19.1 Å². The number of nitrogens with two attached hydrogens (primary N) is 1. The lowest BCUT2D eigenvalue weighted by molar-refractivity contribution is 0.377. The van der Waals surface area contributed by atoms with Crippen molar-refractivity contribution in [2.75, 3.05) is 20.2 Å². The summed E-state index contributed by atoms with van der Waals surface area (Å²) in [6, 6.07) is 3.49. The minimum Gasteiger partial charge on any atom is -0.495 e. The van der Waals surface area contributed by atoms with E-state index in [1.807, 2.05) is 19.9 Å². The van der Waals surface area contributed by atoms with Crippen molar-refractivity contribution in [2.24, 2.45) is 5.73 Å². The molecule has 1 aromatic rings. The first-order chi connectivity index (χ1) is 9.41. The van der Waals surface area contributed by atoms with E-state index < -0.39 is 10.0 Å². The Morgan fingerprint density at radius 2 is 2.10 bits per heavy atom. The van der Waals surface area contributed by atoms with Crippen molar-refractivity contribution in [3.05, 3.63) is 23.3 Å². The molecular weight excluding hydrogens is 276 g/mol. The van der Waals surface area contributed by atoms with Gasteiger partial charge in [0.2, 0.25) is 10.0 Å². The molecule has 5 nitrogen and oxygen atoms in total. The van der Waals surface area contributed by atoms with Gasteiger partial charge < -0.3 is 10.5 Å². The fraction of sp³-hybridized carbons (Fsp3) is 0.571. The Bertz CT molecular complexity index is 599. The van der Waals surface area contributed by atoms with Crippen molar-refractivity contribution in [2.45, 2.75) is 37.6 Å². The molecule has 20 heavy (non-hydrogen) atoms. The quantitative estimate of drug-likeness (QED) is 0.912. The summed E-state index contributed by atoms with van der Waals surface area (Å²) < 4.78 is 32.6. The van der Waals surface area contributed by atoms with Crippen LogP contribution in [0.3, 0.4) is 0 Å². The molecule has 112 valence electrons. The molecule has 0 amide bonds. The van der Waals surface area contributed by atoms with Gasteiger partial charge in [-0.3, -0.25) is 0 Å². The Labute approximate surface area is 120 Å². The second-order valence-corrected chi connectivity index (χ2v) is 7.12. The molecular formula is C14H22N2O3S. The first-order valence-corrected chi connectivity index (χ1v) is 8.23. The lowest BCUT2D eigenvalue weighted by Crippen LogP contribution is -2.40. The third-order valence-corrected chi connectivity index (χ3v) is 5.73. The fourth-order valence-electron chi connectivity index (χ4n) is 2.86. The van der Waals surface area contributed by atoms with Gasteiger partial charge in [-0.2, -0.15) is 4.31 Å². The van der Waals surface area contributed by atoms with E-state index in [0.717, 1.165) is 24.0 Å². The van der Waals surface area contributed by atoms with Crippen LogP contribution in [0.25, 0.3) is 0 Å². The van der Waals surface area contributed by atoms with Crippen molar-refractivity contribution >= 4 is 10.0 Å². The zero-order chi connectivity index (χ0) is 14.9. The molecule has 1 atom stereocenters. The summed E-state index contributed by atoms with van der Waals surface area (Å²) in [5.74, 6) is 0.429. The number of ether oxygens (including phenoxy) is 1. The molecule has 1 aromatic carbocycles. The van der Waals surface area contributed by atoms with E-state index in [1.54, 1.807) is 6.07 Å². The minimum atomic E-state index is -3.56. The van der Waals surface area contributed by atoms with Gasteiger partial charge >= 0.3 is 0 Å². The van der Waals surface area contributed by atoms with Gasteiger partial charge in [-0.1, -0.05) is 6.07 Å². The highest BCUT2D eigenvalue weighted by molar-refractivity contribution is 7.89. The summed E-state index contributed by atoms with van der Waals surface area (Å²) in [5, 5.41) is 0. The highest BCUT2D eigenvalue weighted by atomic mass is 32.2. The number of aryl methyl sites for hydroxylation is 2. The van der Waals surface area contributed by atoms with E-state index in [1.165, 1.54) is 11.4 Å². The Morgan fingerprint density at radius 1 is 1.40 bits per heavy atom. The number of rotatable bonds is 4. The predicted molar refractivity (Wildman–Crippen MR) is 78.4 cm³/mol. The standard InChI is InChI=1S/C14H22N2O3S/c1-10-7-11(2)14(19-3)13(8-10)20(17,18)16-6-4-5-12(16)9-15/h7-8,12H,4-6,9,15H2,1-3H3. The molecule has 1 saturated heterocycles. The Kier molecular flexibility index (Phi) is 4.36. The summed E-state index contributed by atoms with van der Waals surface area (Å²) in [5.41, 5.74) is 7.43. The van der Waals surface area contributed by atoms with Gasteiger partial charge in [0.15, 0.2) is 0 Å². The van der Waals surface area contributed by atoms with Crippen LogP contribution in [0.5, 0.6) is 5.75 Å². The zero-order valence-corrected chi connectivity index (χ0v) is 13.0. The molecule has 0 saturated carbocycles. The van der Waals surface area contributed by atoms with Crippen LogP contribution < -0.4 is 10.5 Å². The van der Waals surface area contributed by atoms with Crippen LogP contribution in [0, 0.1) is 13.8 Å². The molecule has 1 fully saturated rings. The Hall–Kier alpha value is -1.11.